The van der Waals surface area contributed by atoms with Crippen molar-refractivity contribution in [3.8, 4) is 0 Å². The summed E-state index contributed by atoms with van der Waals surface area (Å²) in [6, 6.07) is 8.25. The molecule has 0 unspecified atom stereocenters. The Bertz CT molecular complexity index is 1100. The van der Waals surface area contributed by atoms with E-state index in [1.165, 1.54) is 10.9 Å². The highest BCUT2D eigenvalue weighted by atomic mass is 32.1. The SMILES string of the molecule is Cc1c(C(=O)OCC(C)C)sc2ncn([C@H](C)C(=O)Nc3ccccc3)c(=O)c12. The molecule has 0 bridgehead atoms. The van der Waals surface area contributed by atoms with E-state index >= 15 is 0 Å². The van der Waals surface area contributed by atoms with Crippen molar-refractivity contribution in [2.45, 2.75) is 33.7 Å². The first kappa shape index (κ1) is 20.7. The summed E-state index contributed by atoms with van der Waals surface area (Å²) in [5.74, 6) is -0.572. The van der Waals surface area contributed by atoms with Crippen molar-refractivity contribution in [3.63, 3.8) is 0 Å². The topological polar surface area (TPSA) is 90.3 Å². The van der Waals surface area contributed by atoms with Gasteiger partial charge >= 0.3 is 5.97 Å². The minimum atomic E-state index is -0.768. The van der Waals surface area contributed by atoms with Gasteiger partial charge in [-0.15, -0.1) is 11.3 Å². The Morgan fingerprint density at radius 3 is 2.55 bits per heavy atom. The Morgan fingerprint density at radius 1 is 1.21 bits per heavy atom. The first-order valence-electron chi connectivity index (χ1n) is 9.32. The Hall–Kier alpha value is -3.00. The largest absolute Gasteiger partial charge is 0.461 e. The number of aryl methyl sites for hydroxylation is 1. The van der Waals surface area contributed by atoms with Crippen LogP contribution in [0.1, 0.15) is 42.0 Å². The van der Waals surface area contributed by atoms with Crippen molar-refractivity contribution >= 4 is 39.1 Å². The van der Waals surface area contributed by atoms with Crippen LogP contribution in [0.4, 0.5) is 5.69 Å². The Kier molecular flexibility index (Phi) is 6.12. The lowest BCUT2D eigenvalue weighted by molar-refractivity contribution is -0.118. The molecule has 0 saturated heterocycles. The first-order valence-corrected chi connectivity index (χ1v) is 10.1. The first-order chi connectivity index (χ1) is 13.8. The number of amides is 1. The summed E-state index contributed by atoms with van der Waals surface area (Å²) in [5.41, 5.74) is 0.817. The molecular weight excluding hydrogens is 390 g/mol. The summed E-state index contributed by atoms with van der Waals surface area (Å²) in [6.45, 7) is 7.54. The fourth-order valence-electron chi connectivity index (χ4n) is 2.81. The molecule has 1 N–H and O–H groups in total. The van der Waals surface area contributed by atoms with Gasteiger partial charge in [-0.2, -0.15) is 0 Å². The van der Waals surface area contributed by atoms with Crippen molar-refractivity contribution in [2.24, 2.45) is 5.92 Å². The van der Waals surface area contributed by atoms with E-state index in [4.69, 9.17) is 4.74 Å². The van der Waals surface area contributed by atoms with Crippen LogP contribution >= 0.6 is 11.3 Å². The highest BCUT2D eigenvalue weighted by Gasteiger charge is 2.23. The number of fused-ring (bicyclic) bond motifs is 1. The summed E-state index contributed by atoms with van der Waals surface area (Å²) in [5, 5.41) is 3.12. The van der Waals surface area contributed by atoms with Crippen LogP contribution in [0.3, 0.4) is 0 Å². The number of carbonyl (C=O) groups excluding carboxylic acids is 2. The monoisotopic (exact) mass is 413 g/mol. The number of esters is 1. The van der Waals surface area contributed by atoms with E-state index in [0.717, 1.165) is 11.3 Å². The molecule has 1 atom stereocenters. The lowest BCUT2D eigenvalue weighted by Crippen LogP contribution is -2.31. The van der Waals surface area contributed by atoms with E-state index in [0.29, 0.717) is 33.0 Å². The van der Waals surface area contributed by atoms with Gasteiger partial charge in [0.15, 0.2) is 0 Å². The van der Waals surface area contributed by atoms with Gasteiger partial charge in [0.25, 0.3) is 5.56 Å². The smallest absolute Gasteiger partial charge is 0.348 e. The Balaban J connectivity index is 1.91. The number of anilines is 1. The quantitative estimate of drug-likeness (QED) is 0.621. The number of nitrogens with zero attached hydrogens (tertiary/aromatic N) is 2. The van der Waals surface area contributed by atoms with Crippen LogP contribution in [0, 0.1) is 12.8 Å². The zero-order chi connectivity index (χ0) is 21.1. The van der Waals surface area contributed by atoms with Crippen LogP contribution in [0.25, 0.3) is 10.2 Å². The number of ether oxygens (including phenoxy) is 1. The maximum atomic E-state index is 13.0. The molecule has 1 amide bonds. The summed E-state index contributed by atoms with van der Waals surface area (Å²) in [6.07, 6.45) is 1.35. The van der Waals surface area contributed by atoms with Crippen LogP contribution < -0.4 is 10.9 Å². The van der Waals surface area contributed by atoms with E-state index in [2.05, 4.69) is 10.3 Å². The molecule has 3 rings (SSSR count). The molecule has 1 aromatic carbocycles. The summed E-state index contributed by atoms with van der Waals surface area (Å²) >= 11 is 1.13. The molecule has 0 spiro atoms. The second kappa shape index (κ2) is 8.57. The number of thiophene rings is 1. The van der Waals surface area contributed by atoms with Gasteiger partial charge in [-0.3, -0.25) is 14.2 Å². The minimum absolute atomic E-state index is 0.216. The molecule has 2 heterocycles. The fraction of sp³-hybridized carbons (Fsp3) is 0.333. The van der Waals surface area contributed by atoms with Gasteiger partial charge in [0.1, 0.15) is 15.7 Å². The maximum absolute atomic E-state index is 13.0. The number of hydrogen-bond donors (Lipinski definition) is 1. The molecular formula is C21H23N3O4S. The summed E-state index contributed by atoms with van der Waals surface area (Å²) in [4.78, 5) is 43.1. The molecule has 0 aliphatic rings. The fourth-order valence-corrected chi connectivity index (χ4v) is 3.84. The number of aromatic nitrogens is 2. The standard InChI is InChI=1S/C21H23N3O4S/c1-12(2)10-28-21(27)17-13(3)16-19(29-17)22-11-24(20(16)26)14(4)18(25)23-15-8-6-5-7-9-15/h5-9,11-12,14H,10H2,1-4H3,(H,23,25)/t14-/m1/s1. The number of rotatable bonds is 6. The molecule has 0 aliphatic carbocycles. The third kappa shape index (κ3) is 4.37. The molecule has 0 radical (unpaired) electrons. The van der Waals surface area contributed by atoms with Crippen LogP contribution in [-0.2, 0) is 9.53 Å². The number of nitrogens with one attached hydrogen (secondary N) is 1. The molecule has 8 heteroatoms. The maximum Gasteiger partial charge on any atom is 0.348 e. The normalized spacial score (nSPS) is 12.2. The summed E-state index contributed by atoms with van der Waals surface area (Å²) in [7, 11) is 0. The van der Waals surface area contributed by atoms with Crippen LogP contribution in [0.15, 0.2) is 41.5 Å². The van der Waals surface area contributed by atoms with E-state index in [9.17, 15) is 14.4 Å². The summed E-state index contributed by atoms with van der Waals surface area (Å²) < 4.78 is 6.57. The van der Waals surface area contributed by atoms with Crippen molar-refractivity contribution in [1.29, 1.82) is 0 Å². The van der Waals surface area contributed by atoms with E-state index < -0.39 is 12.0 Å². The van der Waals surface area contributed by atoms with Crippen LogP contribution in [-0.4, -0.2) is 28.0 Å². The predicted octanol–water partition coefficient (Wildman–Crippen LogP) is 3.78. The number of hydrogen-bond acceptors (Lipinski definition) is 6. The highest BCUT2D eigenvalue weighted by Crippen LogP contribution is 2.28. The molecule has 29 heavy (non-hydrogen) atoms. The van der Waals surface area contributed by atoms with Crippen molar-refractivity contribution in [1.82, 2.24) is 9.55 Å². The molecule has 152 valence electrons. The van der Waals surface area contributed by atoms with Gasteiger partial charge in [0, 0.05) is 5.69 Å². The van der Waals surface area contributed by atoms with Crippen LogP contribution in [0.2, 0.25) is 0 Å². The molecule has 0 saturated carbocycles. The zero-order valence-electron chi connectivity index (χ0n) is 16.8. The van der Waals surface area contributed by atoms with Crippen molar-refractivity contribution in [3.05, 3.63) is 57.5 Å². The van der Waals surface area contributed by atoms with Gasteiger partial charge < -0.3 is 10.1 Å². The number of benzene rings is 1. The second-order valence-electron chi connectivity index (χ2n) is 7.22. The average molecular weight is 413 g/mol. The van der Waals surface area contributed by atoms with Crippen molar-refractivity contribution in [2.75, 3.05) is 11.9 Å². The van der Waals surface area contributed by atoms with Crippen LogP contribution in [0.5, 0.6) is 0 Å². The third-order valence-electron chi connectivity index (χ3n) is 4.45. The second-order valence-corrected chi connectivity index (χ2v) is 8.22. The lowest BCUT2D eigenvalue weighted by Gasteiger charge is -2.15. The predicted molar refractivity (Wildman–Crippen MR) is 114 cm³/mol. The Labute approximate surface area is 172 Å². The number of para-hydroxylation sites is 1. The highest BCUT2D eigenvalue weighted by molar-refractivity contribution is 7.20. The van der Waals surface area contributed by atoms with Gasteiger partial charge in [-0.05, 0) is 37.5 Å². The van der Waals surface area contributed by atoms with Gasteiger partial charge in [-0.25, -0.2) is 9.78 Å². The van der Waals surface area contributed by atoms with Gasteiger partial charge in [0.05, 0.1) is 18.3 Å². The lowest BCUT2D eigenvalue weighted by atomic mass is 10.2. The number of carbonyl (C=O) groups is 2. The van der Waals surface area contributed by atoms with Crippen molar-refractivity contribution < 1.29 is 14.3 Å². The van der Waals surface area contributed by atoms with E-state index in [-0.39, 0.29) is 17.4 Å². The average Bonchev–Trinajstić information content (AvgIpc) is 3.04. The van der Waals surface area contributed by atoms with E-state index in [1.54, 1.807) is 26.0 Å². The molecule has 3 aromatic rings. The zero-order valence-corrected chi connectivity index (χ0v) is 17.6. The van der Waals surface area contributed by atoms with E-state index in [1.807, 2.05) is 32.0 Å². The molecule has 7 nitrogen and oxygen atoms in total. The third-order valence-corrected chi connectivity index (χ3v) is 5.63. The minimum Gasteiger partial charge on any atom is -0.461 e. The Morgan fingerprint density at radius 2 is 1.90 bits per heavy atom. The molecule has 0 aliphatic heterocycles. The molecule has 0 fully saturated rings. The van der Waals surface area contributed by atoms with Gasteiger partial charge in [-0.1, -0.05) is 32.0 Å². The molecule has 2 aromatic heterocycles. The van der Waals surface area contributed by atoms with Gasteiger partial charge in [0.2, 0.25) is 5.91 Å².